The van der Waals surface area contributed by atoms with Crippen LogP contribution in [-0.2, 0) is 6.54 Å². The van der Waals surface area contributed by atoms with Gasteiger partial charge in [-0.25, -0.2) is 0 Å². The lowest BCUT2D eigenvalue weighted by molar-refractivity contribution is 0.265. The molecule has 3 nitrogen and oxygen atoms in total. The van der Waals surface area contributed by atoms with Gasteiger partial charge in [-0.3, -0.25) is 0 Å². The van der Waals surface area contributed by atoms with Crippen molar-refractivity contribution in [3.63, 3.8) is 0 Å². The fourth-order valence-electron chi connectivity index (χ4n) is 2.13. The molecular formula is C16H18ClNO2. The molecule has 0 aliphatic rings. The lowest BCUT2D eigenvalue weighted by Crippen LogP contribution is -2.22. The third-order valence-electron chi connectivity index (χ3n) is 3.20. The van der Waals surface area contributed by atoms with E-state index in [1.807, 2.05) is 30.3 Å². The molecule has 0 bridgehead atoms. The number of aromatic hydroxyl groups is 1. The van der Waals surface area contributed by atoms with Crippen LogP contribution in [-0.4, -0.2) is 16.8 Å². The Bertz CT molecular complexity index is 545. The van der Waals surface area contributed by atoms with Crippen LogP contribution in [0.15, 0.2) is 48.5 Å². The number of benzene rings is 2. The van der Waals surface area contributed by atoms with Crippen molar-refractivity contribution in [2.75, 3.05) is 6.61 Å². The molecule has 0 aromatic heterocycles. The molecule has 4 heteroatoms. The Morgan fingerprint density at radius 1 is 1.10 bits per heavy atom. The van der Waals surface area contributed by atoms with Crippen molar-refractivity contribution >= 4 is 11.6 Å². The van der Waals surface area contributed by atoms with Gasteiger partial charge in [-0.2, -0.15) is 0 Å². The Morgan fingerprint density at radius 3 is 2.55 bits per heavy atom. The number of hydrogen-bond donors (Lipinski definition) is 3. The largest absolute Gasteiger partial charge is 0.508 e. The Labute approximate surface area is 123 Å². The molecule has 0 fully saturated rings. The summed E-state index contributed by atoms with van der Waals surface area (Å²) >= 11 is 5.93. The zero-order chi connectivity index (χ0) is 14.4. The van der Waals surface area contributed by atoms with Gasteiger partial charge in [-0.15, -0.1) is 0 Å². The molecule has 0 radical (unpaired) electrons. The fraction of sp³-hybridized carbons (Fsp3) is 0.250. The third kappa shape index (κ3) is 3.97. The smallest absolute Gasteiger partial charge is 0.120 e. The van der Waals surface area contributed by atoms with E-state index in [4.69, 9.17) is 11.6 Å². The summed E-state index contributed by atoms with van der Waals surface area (Å²) in [4.78, 5) is 0. The maximum Gasteiger partial charge on any atom is 0.120 e. The zero-order valence-electron chi connectivity index (χ0n) is 11.1. The van der Waals surface area contributed by atoms with Crippen LogP contribution in [0.4, 0.5) is 0 Å². The van der Waals surface area contributed by atoms with Crippen LogP contribution in [0.2, 0.25) is 5.02 Å². The van der Waals surface area contributed by atoms with E-state index < -0.39 is 0 Å². The highest BCUT2D eigenvalue weighted by Crippen LogP contribution is 2.23. The average Bonchev–Trinajstić information content (AvgIpc) is 2.47. The van der Waals surface area contributed by atoms with Gasteiger partial charge in [0.2, 0.25) is 0 Å². The van der Waals surface area contributed by atoms with Gasteiger partial charge < -0.3 is 15.5 Å². The molecule has 0 saturated heterocycles. The third-order valence-corrected chi connectivity index (χ3v) is 3.44. The van der Waals surface area contributed by atoms with Gasteiger partial charge in [0, 0.05) is 29.8 Å². The maximum absolute atomic E-state index is 9.80. The van der Waals surface area contributed by atoms with Crippen molar-refractivity contribution in [1.29, 1.82) is 0 Å². The van der Waals surface area contributed by atoms with Crippen LogP contribution in [0.3, 0.4) is 0 Å². The van der Waals surface area contributed by atoms with E-state index >= 15 is 0 Å². The lowest BCUT2D eigenvalue weighted by Gasteiger charge is -2.19. The highest BCUT2D eigenvalue weighted by atomic mass is 35.5. The summed E-state index contributed by atoms with van der Waals surface area (Å²) in [7, 11) is 0. The number of rotatable bonds is 6. The first-order chi connectivity index (χ1) is 9.70. The summed E-state index contributed by atoms with van der Waals surface area (Å²) in [6, 6.07) is 15.0. The van der Waals surface area contributed by atoms with Crippen molar-refractivity contribution in [1.82, 2.24) is 5.32 Å². The highest BCUT2D eigenvalue weighted by molar-refractivity contribution is 6.30. The Kier molecular flexibility index (Phi) is 5.41. The molecule has 106 valence electrons. The molecular weight excluding hydrogens is 274 g/mol. The van der Waals surface area contributed by atoms with Crippen molar-refractivity contribution in [2.45, 2.75) is 19.0 Å². The topological polar surface area (TPSA) is 52.5 Å². The molecule has 3 N–H and O–H groups in total. The molecule has 0 unspecified atom stereocenters. The number of phenolic OH excluding ortho intramolecular Hbond substituents is 1. The Balaban J connectivity index is 2.07. The van der Waals surface area contributed by atoms with Gasteiger partial charge in [0.1, 0.15) is 5.75 Å². The van der Waals surface area contributed by atoms with E-state index in [0.29, 0.717) is 18.0 Å². The molecule has 1 atom stereocenters. The van der Waals surface area contributed by atoms with Gasteiger partial charge in [0.25, 0.3) is 0 Å². The Hall–Kier alpha value is -1.55. The van der Waals surface area contributed by atoms with E-state index in [1.165, 1.54) is 0 Å². The second-order valence-electron chi connectivity index (χ2n) is 4.63. The van der Waals surface area contributed by atoms with E-state index in [2.05, 4.69) is 5.32 Å². The standard InChI is InChI=1S/C16H18ClNO2/c17-14-6-7-16(20)13(10-14)11-18-15(8-9-19)12-4-2-1-3-5-12/h1-7,10,15,18-20H,8-9,11H2/t15-/m1/s1. The summed E-state index contributed by atoms with van der Waals surface area (Å²) in [5.74, 6) is 0.220. The normalized spacial score (nSPS) is 12.3. The average molecular weight is 292 g/mol. The van der Waals surface area contributed by atoms with E-state index in [1.54, 1.807) is 18.2 Å². The molecule has 0 heterocycles. The predicted molar refractivity (Wildman–Crippen MR) is 80.8 cm³/mol. The van der Waals surface area contributed by atoms with Crippen LogP contribution in [0.5, 0.6) is 5.75 Å². The van der Waals surface area contributed by atoms with Crippen molar-refractivity contribution in [3.8, 4) is 5.75 Å². The van der Waals surface area contributed by atoms with Gasteiger partial charge in [0.05, 0.1) is 0 Å². The molecule has 0 spiro atoms. The number of hydrogen-bond acceptors (Lipinski definition) is 3. The van der Waals surface area contributed by atoms with E-state index in [0.717, 1.165) is 11.1 Å². The maximum atomic E-state index is 9.80. The van der Waals surface area contributed by atoms with Gasteiger partial charge in [0.15, 0.2) is 0 Å². The van der Waals surface area contributed by atoms with Crippen LogP contribution in [0, 0.1) is 0 Å². The first-order valence-corrected chi connectivity index (χ1v) is 6.95. The number of aliphatic hydroxyl groups is 1. The number of nitrogens with one attached hydrogen (secondary N) is 1. The predicted octanol–water partition coefficient (Wildman–Crippen LogP) is 3.26. The van der Waals surface area contributed by atoms with E-state index in [9.17, 15) is 10.2 Å². The van der Waals surface area contributed by atoms with Crippen LogP contribution >= 0.6 is 11.6 Å². The fourth-order valence-corrected chi connectivity index (χ4v) is 2.32. The number of aliphatic hydroxyl groups excluding tert-OH is 1. The Morgan fingerprint density at radius 2 is 1.85 bits per heavy atom. The summed E-state index contributed by atoms with van der Waals surface area (Å²) in [6.45, 7) is 0.597. The SMILES string of the molecule is OCC[C@@H](NCc1cc(Cl)ccc1O)c1ccccc1. The molecule has 2 aromatic rings. The molecule has 0 aliphatic heterocycles. The molecule has 0 aliphatic carbocycles. The molecule has 0 amide bonds. The summed E-state index contributed by atoms with van der Waals surface area (Å²) in [6.07, 6.45) is 0.616. The van der Waals surface area contributed by atoms with Gasteiger partial charge in [-0.05, 0) is 30.2 Å². The minimum Gasteiger partial charge on any atom is -0.508 e. The van der Waals surface area contributed by atoms with Gasteiger partial charge in [-0.1, -0.05) is 41.9 Å². The summed E-state index contributed by atoms with van der Waals surface area (Å²) in [5.41, 5.74) is 1.86. The minimum atomic E-state index is 0.0413. The second kappa shape index (κ2) is 7.29. The summed E-state index contributed by atoms with van der Waals surface area (Å²) in [5, 5.41) is 22.9. The monoisotopic (exact) mass is 291 g/mol. The van der Waals surface area contributed by atoms with Crippen LogP contribution < -0.4 is 5.32 Å². The van der Waals surface area contributed by atoms with E-state index in [-0.39, 0.29) is 18.4 Å². The van der Waals surface area contributed by atoms with Crippen molar-refractivity contribution in [3.05, 3.63) is 64.7 Å². The van der Waals surface area contributed by atoms with Crippen molar-refractivity contribution < 1.29 is 10.2 Å². The second-order valence-corrected chi connectivity index (χ2v) is 5.07. The first-order valence-electron chi connectivity index (χ1n) is 6.57. The number of halogens is 1. The van der Waals surface area contributed by atoms with Crippen LogP contribution in [0.1, 0.15) is 23.6 Å². The number of phenols is 1. The molecule has 20 heavy (non-hydrogen) atoms. The molecule has 2 rings (SSSR count). The highest BCUT2D eigenvalue weighted by Gasteiger charge is 2.11. The zero-order valence-corrected chi connectivity index (χ0v) is 11.8. The lowest BCUT2D eigenvalue weighted by atomic mass is 10.0. The minimum absolute atomic E-state index is 0.0413. The quantitative estimate of drug-likeness (QED) is 0.766. The van der Waals surface area contributed by atoms with Crippen LogP contribution in [0.25, 0.3) is 0 Å². The van der Waals surface area contributed by atoms with Crippen molar-refractivity contribution in [2.24, 2.45) is 0 Å². The van der Waals surface area contributed by atoms with Gasteiger partial charge >= 0.3 is 0 Å². The molecule has 2 aromatic carbocycles. The first kappa shape index (κ1) is 14.9. The molecule has 0 saturated carbocycles. The summed E-state index contributed by atoms with van der Waals surface area (Å²) < 4.78 is 0.